The van der Waals surface area contributed by atoms with Gasteiger partial charge in [-0.3, -0.25) is 4.79 Å². The van der Waals surface area contributed by atoms with Crippen molar-refractivity contribution in [2.45, 2.75) is 40.2 Å². The Balaban J connectivity index is 0.000000970. The van der Waals surface area contributed by atoms with Crippen molar-refractivity contribution in [3.05, 3.63) is 94.1 Å². The molecule has 3 aromatic rings. The molecule has 0 saturated carbocycles. The van der Waals surface area contributed by atoms with Crippen molar-refractivity contribution in [2.24, 2.45) is 0 Å². The van der Waals surface area contributed by atoms with Crippen LogP contribution in [0.5, 0.6) is 0 Å². The number of aromatic amines is 1. The van der Waals surface area contributed by atoms with E-state index in [0.717, 1.165) is 16.6 Å². The molecule has 1 aromatic heterocycles. The molecular weight excluding hydrogens is 465 g/mol. The van der Waals surface area contributed by atoms with Gasteiger partial charge in [-0.25, -0.2) is 4.99 Å². The summed E-state index contributed by atoms with van der Waals surface area (Å²) in [6.45, 7) is 13.5. The van der Waals surface area contributed by atoms with Crippen molar-refractivity contribution >= 4 is 46.2 Å². The maximum Gasteiger partial charge on any atom is 0.254 e. The Bertz CT molecular complexity index is 1160. The summed E-state index contributed by atoms with van der Waals surface area (Å²) in [5, 5.41) is 2.37. The van der Waals surface area contributed by atoms with Crippen molar-refractivity contribution in [1.82, 2.24) is 9.88 Å². The Morgan fingerprint density at radius 1 is 1.12 bits per heavy atom. The number of H-pyrrole nitrogens is 1. The molecule has 4 nitrogen and oxygen atoms in total. The average molecular weight is 500 g/mol. The minimum absolute atomic E-state index is 0.0274. The normalized spacial score (nSPS) is 14.9. The zero-order valence-electron chi connectivity index (χ0n) is 20.4. The van der Waals surface area contributed by atoms with Crippen LogP contribution in [0.25, 0.3) is 10.9 Å². The molecule has 0 fully saturated rings. The quantitative estimate of drug-likeness (QED) is 0.321. The van der Waals surface area contributed by atoms with E-state index in [1.54, 1.807) is 30.3 Å². The molecular formula is C28H34Cl2N3O+. The Morgan fingerprint density at radius 3 is 2.56 bits per heavy atom. The number of allylic oxidation sites excluding steroid dienone is 3. The first-order valence-electron chi connectivity index (χ1n) is 11.8. The van der Waals surface area contributed by atoms with E-state index in [4.69, 9.17) is 23.2 Å². The fourth-order valence-corrected chi connectivity index (χ4v) is 4.34. The molecule has 0 radical (unpaired) electrons. The number of halogens is 2. The van der Waals surface area contributed by atoms with Gasteiger partial charge in [0.1, 0.15) is 6.54 Å². The van der Waals surface area contributed by atoms with Crippen LogP contribution in [0.15, 0.2) is 67.3 Å². The summed E-state index contributed by atoms with van der Waals surface area (Å²) in [6.07, 6.45) is 7.38. The maximum atomic E-state index is 13.2. The molecule has 0 aliphatic carbocycles. The van der Waals surface area contributed by atoms with E-state index in [-0.39, 0.29) is 11.8 Å². The second kappa shape index (κ2) is 13.8. The van der Waals surface area contributed by atoms with Crippen molar-refractivity contribution in [3.8, 4) is 0 Å². The molecule has 2 aromatic carbocycles. The molecule has 1 atom stereocenters. The summed E-state index contributed by atoms with van der Waals surface area (Å²) in [4.78, 5) is 21.9. The lowest BCUT2D eigenvalue weighted by molar-refractivity contribution is -0.455. The zero-order chi connectivity index (χ0) is 25.1. The van der Waals surface area contributed by atoms with E-state index in [2.05, 4.69) is 16.6 Å². The smallest absolute Gasteiger partial charge is 0.254 e. The van der Waals surface area contributed by atoms with Gasteiger partial charge in [0.15, 0.2) is 6.21 Å². The monoisotopic (exact) mass is 498 g/mol. The molecule has 34 heavy (non-hydrogen) atoms. The van der Waals surface area contributed by atoms with E-state index in [9.17, 15) is 4.79 Å². The topological polar surface area (TPSA) is 50.1 Å². The van der Waals surface area contributed by atoms with Gasteiger partial charge in [0, 0.05) is 44.8 Å². The van der Waals surface area contributed by atoms with E-state index in [1.807, 2.05) is 69.2 Å². The lowest BCUT2D eigenvalue weighted by Crippen LogP contribution is -2.71. The first kappa shape index (κ1) is 27.4. The van der Waals surface area contributed by atoms with Crippen molar-refractivity contribution in [3.63, 3.8) is 0 Å². The first-order valence-corrected chi connectivity index (χ1v) is 12.5. The highest BCUT2D eigenvalue weighted by Gasteiger charge is 2.33. The number of hydrogen-bond donors (Lipinski definition) is 2. The number of hydrogen-bond acceptors (Lipinski definition) is 1. The van der Waals surface area contributed by atoms with Crippen LogP contribution in [0.2, 0.25) is 10.0 Å². The molecule has 180 valence electrons. The zero-order valence-corrected chi connectivity index (χ0v) is 21.9. The van der Waals surface area contributed by atoms with Crippen LogP contribution in [0, 0.1) is 0 Å². The van der Waals surface area contributed by atoms with Crippen LogP contribution in [-0.4, -0.2) is 35.1 Å². The molecule has 1 amide bonds. The fraction of sp³-hybridized carbons (Fsp3) is 0.286. The van der Waals surface area contributed by atoms with Crippen molar-refractivity contribution in [2.75, 3.05) is 13.1 Å². The molecule has 4 rings (SSSR count). The number of amides is 1. The summed E-state index contributed by atoms with van der Waals surface area (Å²) >= 11 is 12.4. The molecule has 0 saturated heterocycles. The Morgan fingerprint density at radius 2 is 1.85 bits per heavy atom. The van der Waals surface area contributed by atoms with Gasteiger partial charge in [0.2, 0.25) is 0 Å². The highest BCUT2D eigenvalue weighted by Crippen LogP contribution is 2.35. The Labute approximate surface area is 213 Å². The lowest BCUT2D eigenvalue weighted by atomic mass is 9.91. The number of nitrogens with one attached hydrogen (secondary N) is 2. The predicted octanol–water partition coefficient (Wildman–Crippen LogP) is 6.16. The first-order chi connectivity index (χ1) is 16.6. The molecule has 2 heterocycles. The minimum Gasteiger partial charge on any atom is -0.357 e. The van der Waals surface area contributed by atoms with E-state index in [0.29, 0.717) is 35.2 Å². The number of rotatable bonds is 5. The molecule has 1 aliphatic rings. The van der Waals surface area contributed by atoms with Gasteiger partial charge in [0.25, 0.3) is 5.91 Å². The SMILES string of the molecule is C=C/C=C\C=[NH+]CC1CN(C(=O)c2cccc(Cl)c2)Cc2[nH]c3ccc(Cl)cc3c21.CC.CC. The summed E-state index contributed by atoms with van der Waals surface area (Å²) in [7, 11) is 0. The average Bonchev–Trinajstić information content (AvgIpc) is 3.23. The third-order valence-electron chi connectivity index (χ3n) is 5.26. The van der Waals surface area contributed by atoms with Gasteiger partial charge in [-0.15, -0.1) is 0 Å². The van der Waals surface area contributed by atoms with E-state index < -0.39 is 0 Å². The number of carbonyl (C=O) groups excluding carboxylic acids is 1. The van der Waals surface area contributed by atoms with Crippen LogP contribution in [0.4, 0.5) is 0 Å². The number of aromatic nitrogens is 1. The van der Waals surface area contributed by atoms with Gasteiger partial charge in [-0.2, -0.15) is 0 Å². The lowest BCUT2D eigenvalue weighted by Gasteiger charge is -2.31. The second-order valence-electron chi connectivity index (χ2n) is 7.30. The van der Waals surface area contributed by atoms with Gasteiger partial charge in [0.05, 0.1) is 12.5 Å². The standard InChI is InChI=1S/C24H21Cl2N3O.2C2H6/c1-2-3-4-10-27-13-17-14-29(24(30)16-6-5-7-18(25)11-16)15-22-23(17)20-12-19(26)8-9-21(20)28-22;2*1-2/h2-12,17,28H,1,13-15H2;2*1-2H3/p+1/b4-3-,27-10?;;. The number of carbonyl (C=O) groups is 1. The van der Waals surface area contributed by atoms with E-state index >= 15 is 0 Å². The van der Waals surface area contributed by atoms with Crippen LogP contribution >= 0.6 is 23.2 Å². The van der Waals surface area contributed by atoms with Crippen LogP contribution in [-0.2, 0) is 6.54 Å². The van der Waals surface area contributed by atoms with Gasteiger partial charge in [-0.05, 0) is 42.0 Å². The third-order valence-corrected chi connectivity index (χ3v) is 5.73. The summed E-state index contributed by atoms with van der Waals surface area (Å²) < 4.78 is 0. The molecule has 1 aliphatic heterocycles. The largest absolute Gasteiger partial charge is 0.357 e. The molecule has 0 bridgehead atoms. The van der Waals surface area contributed by atoms with Gasteiger partial charge < -0.3 is 9.88 Å². The molecule has 6 heteroatoms. The Hall–Kier alpha value is -2.82. The van der Waals surface area contributed by atoms with Crippen LogP contribution in [0.3, 0.4) is 0 Å². The number of nitrogens with zero attached hydrogens (tertiary/aromatic N) is 1. The Kier molecular flexibility index (Phi) is 11.1. The van der Waals surface area contributed by atoms with Gasteiger partial charge >= 0.3 is 0 Å². The minimum atomic E-state index is -0.0274. The summed E-state index contributed by atoms with van der Waals surface area (Å²) in [5.41, 5.74) is 3.89. The van der Waals surface area contributed by atoms with Gasteiger partial charge in [-0.1, -0.05) is 75.7 Å². The summed E-state index contributed by atoms with van der Waals surface area (Å²) in [5.74, 6) is 0.0813. The van der Waals surface area contributed by atoms with Crippen LogP contribution < -0.4 is 4.99 Å². The third kappa shape index (κ3) is 6.62. The maximum absolute atomic E-state index is 13.2. The highest BCUT2D eigenvalue weighted by atomic mass is 35.5. The molecule has 2 N–H and O–H groups in total. The number of benzene rings is 2. The van der Waals surface area contributed by atoms with Crippen molar-refractivity contribution in [1.29, 1.82) is 0 Å². The molecule has 1 unspecified atom stereocenters. The van der Waals surface area contributed by atoms with Crippen molar-refractivity contribution < 1.29 is 9.79 Å². The fourth-order valence-electron chi connectivity index (χ4n) is 3.98. The predicted molar refractivity (Wildman–Crippen MR) is 146 cm³/mol. The van der Waals surface area contributed by atoms with E-state index in [1.165, 1.54) is 5.56 Å². The second-order valence-corrected chi connectivity index (χ2v) is 8.17. The molecule has 0 spiro atoms. The summed E-state index contributed by atoms with van der Waals surface area (Å²) in [6, 6.07) is 12.9. The number of fused-ring (bicyclic) bond motifs is 3. The highest BCUT2D eigenvalue weighted by molar-refractivity contribution is 6.31. The van der Waals surface area contributed by atoms with Crippen LogP contribution in [0.1, 0.15) is 55.2 Å².